The summed E-state index contributed by atoms with van der Waals surface area (Å²) in [4.78, 5) is 37.9. The summed E-state index contributed by atoms with van der Waals surface area (Å²) in [6.07, 6.45) is 64.2. The average molecular weight is 863 g/mol. The van der Waals surface area contributed by atoms with E-state index in [1.807, 2.05) is 0 Å². The average Bonchev–Trinajstić information content (AvgIpc) is 3.27. The van der Waals surface area contributed by atoms with E-state index in [9.17, 15) is 14.4 Å². The number of unbranched alkanes of at least 4 members (excludes halogenated alkanes) is 20. The Bertz CT molecular complexity index is 1220. The van der Waals surface area contributed by atoms with Gasteiger partial charge in [0.2, 0.25) is 0 Å². The maximum Gasteiger partial charge on any atom is 0.306 e. The second-order valence-electron chi connectivity index (χ2n) is 16.7. The zero-order chi connectivity index (χ0) is 45.1. The number of esters is 3. The smallest absolute Gasteiger partial charge is 0.306 e. The molecule has 0 aromatic rings. The van der Waals surface area contributed by atoms with Crippen molar-refractivity contribution < 1.29 is 28.6 Å². The fourth-order valence-electron chi connectivity index (χ4n) is 6.86. The van der Waals surface area contributed by atoms with E-state index >= 15 is 0 Å². The van der Waals surface area contributed by atoms with Crippen LogP contribution in [-0.4, -0.2) is 37.2 Å². The Kier molecular flexibility index (Phi) is 47.5. The number of hydrogen-bond donors (Lipinski definition) is 0. The van der Waals surface area contributed by atoms with E-state index in [4.69, 9.17) is 14.2 Å². The van der Waals surface area contributed by atoms with Gasteiger partial charge < -0.3 is 14.2 Å². The molecule has 6 heteroatoms. The third-order valence-corrected chi connectivity index (χ3v) is 10.6. The van der Waals surface area contributed by atoms with Crippen molar-refractivity contribution >= 4 is 17.9 Å². The molecule has 1 atom stereocenters. The van der Waals surface area contributed by atoms with Gasteiger partial charge in [0.25, 0.3) is 0 Å². The third kappa shape index (κ3) is 47.6. The van der Waals surface area contributed by atoms with Gasteiger partial charge in [-0.2, -0.15) is 0 Å². The lowest BCUT2D eigenvalue weighted by molar-refractivity contribution is -0.167. The molecule has 0 aliphatic heterocycles. The number of allylic oxidation sites excluding steroid dienone is 14. The Morgan fingerprint density at radius 1 is 0.339 bits per heavy atom. The second kappa shape index (κ2) is 50.2. The molecule has 0 fully saturated rings. The van der Waals surface area contributed by atoms with Crippen molar-refractivity contribution in [2.75, 3.05) is 13.2 Å². The topological polar surface area (TPSA) is 78.9 Å². The highest BCUT2D eigenvalue weighted by Gasteiger charge is 2.19. The first kappa shape index (κ1) is 58.6. The van der Waals surface area contributed by atoms with Gasteiger partial charge in [-0.25, -0.2) is 0 Å². The first-order valence-corrected chi connectivity index (χ1v) is 25.6. The molecular formula is C56H94O6. The van der Waals surface area contributed by atoms with Gasteiger partial charge >= 0.3 is 17.9 Å². The number of carbonyl (C=O) groups excluding carboxylic acids is 3. The summed E-state index contributed by atoms with van der Waals surface area (Å²) in [6.45, 7) is 6.37. The van der Waals surface area contributed by atoms with Gasteiger partial charge in [0.05, 0.1) is 0 Å². The molecule has 0 saturated carbocycles. The third-order valence-electron chi connectivity index (χ3n) is 10.6. The molecule has 6 nitrogen and oxygen atoms in total. The van der Waals surface area contributed by atoms with Crippen LogP contribution in [0.4, 0.5) is 0 Å². The fourth-order valence-corrected chi connectivity index (χ4v) is 6.86. The number of carbonyl (C=O) groups is 3. The molecule has 0 aromatic carbocycles. The minimum atomic E-state index is -0.792. The molecule has 0 spiro atoms. The van der Waals surface area contributed by atoms with Crippen LogP contribution >= 0.6 is 0 Å². The zero-order valence-corrected chi connectivity index (χ0v) is 40.4. The maximum atomic E-state index is 12.8. The summed E-state index contributed by atoms with van der Waals surface area (Å²) in [7, 11) is 0. The molecule has 0 saturated heterocycles. The van der Waals surface area contributed by atoms with Gasteiger partial charge in [-0.15, -0.1) is 0 Å². The molecule has 0 heterocycles. The Labute approximate surface area is 382 Å². The van der Waals surface area contributed by atoms with Crippen LogP contribution in [0.5, 0.6) is 0 Å². The molecule has 0 aliphatic rings. The summed E-state index contributed by atoms with van der Waals surface area (Å²) in [6, 6.07) is 0. The molecule has 1 unspecified atom stereocenters. The Balaban J connectivity index is 4.43. The van der Waals surface area contributed by atoms with Crippen LogP contribution in [0, 0.1) is 0 Å². The molecule has 0 aliphatic carbocycles. The normalized spacial score (nSPS) is 12.8. The SMILES string of the molecule is CC/C=C\C/C=C\C/C=C\C/C=C\C/C=C\CCCCCC(=O)OCC(COC(=O)CCCCCCCCCCCCC)OC(=O)CCCCCCCCC/C=C\C/C=C\CC. The summed E-state index contributed by atoms with van der Waals surface area (Å²) in [5.41, 5.74) is 0. The first-order chi connectivity index (χ1) is 30.5. The molecule has 0 radical (unpaired) electrons. The predicted molar refractivity (Wildman–Crippen MR) is 265 cm³/mol. The minimum Gasteiger partial charge on any atom is -0.462 e. The summed E-state index contributed by atoms with van der Waals surface area (Å²) >= 11 is 0. The van der Waals surface area contributed by atoms with Crippen molar-refractivity contribution in [1.29, 1.82) is 0 Å². The second-order valence-corrected chi connectivity index (χ2v) is 16.7. The van der Waals surface area contributed by atoms with Crippen LogP contribution < -0.4 is 0 Å². The quantitative estimate of drug-likeness (QED) is 0.0263. The molecular weight excluding hydrogens is 769 g/mol. The molecule has 62 heavy (non-hydrogen) atoms. The van der Waals surface area contributed by atoms with E-state index in [0.717, 1.165) is 116 Å². The Morgan fingerprint density at radius 3 is 1.00 bits per heavy atom. The predicted octanol–water partition coefficient (Wildman–Crippen LogP) is 16.8. The van der Waals surface area contributed by atoms with Crippen molar-refractivity contribution in [3.63, 3.8) is 0 Å². The van der Waals surface area contributed by atoms with E-state index in [1.165, 1.54) is 77.0 Å². The summed E-state index contributed by atoms with van der Waals surface area (Å²) in [5, 5.41) is 0. The van der Waals surface area contributed by atoms with E-state index < -0.39 is 6.10 Å². The van der Waals surface area contributed by atoms with E-state index in [-0.39, 0.29) is 31.1 Å². The van der Waals surface area contributed by atoms with Crippen molar-refractivity contribution in [3.05, 3.63) is 85.1 Å². The summed E-state index contributed by atoms with van der Waals surface area (Å²) < 4.78 is 16.8. The van der Waals surface area contributed by atoms with Gasteiger partial charge in [0.15, 0.2) is 6.10 Å². The minimum absolute atomic E-state index is 0.0895. The van der Waals surface area contributed by atoms with Crippen LogP contribution in [0.25, 0.3) is 0 Å². The van der Waals surface area contributed by atoms with Crippen molar-refractivity contribution in [3.8, 4) is 0 Å². The standard InChI is InChI=1S/C56H94O6/c1-4-7-10-13-16-19-22-24-26-27-28-29-30-32-34-37-40-43-46-49-55(58)61-52-53(51-60-54(57)48-45-42-39-36-33-21-18-15-12-9-6-3)62-56(59)50-47-44-41-38-35-31-25-23-20-17-14-11-8-5-2/h7-8,10-11,16-17,19-20,24,26,28-29,32,34,53H,4-6,9,12-15,18,21-23,25,27,30-31,33,35-52H2,1-3H3/b10-7-,11-8-,19-16-,20-17-,26-24-,29-28-,34-32-. The monoisotopic (exact) mass is 863 g/mol. The zero-order valence-electron chi connectivity index (χ0n) is 40.4. The van der Waals surface area contributed by atoms with Gasteiger partial charge in [0, 0.05) is 19.3 Å². The van der Waals surface area contributed by atoms with Gasteiger partial charge in [-0.05, 0) is 89.9 Å². The van der Waals surface area contributed by atoms with Crippen LogP contribution in [0.1, 0.15) is 233 Å². The molecule has 0 bridgehead atoms. The van der Waals surface area contributed by atoms with Crippen molar-refractivity contribution in [2.24, 2.45) is 0 Å². The molecule has 0 N–H and O–H groups in total. The number of rotatable bonds is 45. The van der Waals surface area contributed by atoms with Gasteiger partial charge in [-0.3, -0.25) is 14.4 Å². The first-order valence-electron chi connectivity index (χ1n) is 25.6. The largest absolute Gasteiger partial charge is 0.462 e. The van der Waals surface area contributed by atoms with Gasteiger partial charge in [-0.1, -0.05) is 209 Å². The van der Waals surface area contributed by atoms with Crippen LogP contribution in [0.3, 0.4) is 0 Å². The van der Waals surface area contributed by atoms with Crippen LogP contribution in [-0.2, 0) is 28.6 Å². The maximum absolute atomic E-state index is 12.8. The van der Waals surface area contributed by atoms with E-state index in [1.54, 1.807) is 0 Å². The Morgan fingerprint density at radius 2 is 0.629 bits per heavy atom. The van der Waals surface area contributed by atoms with Crippen LogP contribution in [0.15, 0.2) is 85.1 Å². The molecule has 0 amide bonds. The molecule has 354 valence electrons. The van der Waals surface area contributed by atoms with Crippen molar-refractivity contribution in [1.82, 2.24) is 0 Å². The fraction of sp³-hybridized carbons (Fsp3) is 0.696. The number of hydrogen-bond acceptors (Lipinski definition) is 6. The Hall–Kier alpha value is -3.41. The van der Waals surface area contributed by atoms with Crippen molar-refractivity contribution in [2.45, 2.75) is 239 Å². The van der Waals surface area contributed by atoms with Crippen LogP contribution in [0.2, 0.25) is 0 Å². The lowest BCUT2D eigenvalue weighted by Gasteiger charge is -2.18. The molecule has 0 aromatic heterocycles. The van der Waals surface area contributed by atoms with Gasteiger partial charge in [0.1, 0.15) is 13.2 Å². The molecule has 0 rings (SSSR count). The highest BCUT2D eigenvalue weighted by Crippen LogP contribution is 2.14. The van der Waals surface area contributed by atoms with E-state index in [2.05, 4.69) is 106 Å². The highest BCUT2D eigenvalue weighted by molar-refractivity contribution is 5.71. The highest BCUT2D eigenvalue weighted by atomic mass is 16.6. The lowest BCUT2D eigenvalue weighted by atomic mass is 10.1. The number of ether oxygens (including phenoxy) is 3. The summed E-state index contributed by atoms with van der Waals surface area (Å²) in [5.74, 6) is -0.933. The van der Waals surface area contributed by atoms with E-state index in [0.29, 0.717) is 19.3 Å². The lowest BCUT2D eigenvalue weighted by Crippen LogP contribution is -2.30.